The van der Waals surface area contributed by atoms with E-state index in [2.05, 4.69) is 11.6 Å². The Balaban J connectivity index is 1.95. The second kappa shape index (κ2) is 5.43. The van der Waals surface area contributed by atoms with Gasteiger partial charge in [-0.2, -0.15) is 24.9 Å². The number of rotatable bonds is 3. The van der Waals surface area contributed by atoms with Gasteiger partial charge in [0.1, 0.15) is 0 Å². The molecule has 0 spiro atoms. The molecule has 0 radical (unpaired) electrons. The maximum atomic E-state index is 12.4. The Morgan fingerprint density at radius 3 is 2.33 bits per heavy atom. The van der Waals surface area contributed by atoms with E-state index in [-0.39, 0.29) is 0 Å². The van der Waals surface area contributed by atoms with Crippen LogP contribution in [0.15, 0.2) is 24.3 Å². The molecule has 0 heterocycles. The van der Waals surface area contributed by atoms with Crippen LogP contribution in [-0.2, 0) is 6.18 Å². The molecule has 2 atom stereocenters. The van der Waals surface area contributed by atoms with Gasteiger partial charge < -0.3 is 5.32 Å². The molecule has 0 bridgehead atoms. The molecular weight excluding hydrogens is 259 g/mol. The van der Waals surface area contributed by atoms with Gasteiger partial charge in [0.2, 0.25) is 0 Å². The lowest BCUT2D eigenvalue weighted by Gasteiger charge is -2.15. The molecular formula is C13H16F3NS. The van der Waals surface area contributed by atoms with E-state index in [0.717, 1.165) is 30.7 Å². The molecule has 1 aromatic rings. The maximum absolute atomic E-state index is 12.4. The topological polar surface area (TPSA) is 12.0 Å². The number of nitrogens with one attached hydrogen (secondary N) is 1. The summed E-state index contributed by atoms with van der Waals surface area (Å²) in [7, 11) is 0. The molecule has 0 aliphatic heterocycles. The summed E-state index contributed by atoms with van der Waals surface area (Å²) >= 11 is 1.86. The lowest BCUT2D eigenvalue weighted by atomic mass is 10.2. The molecule has 100 valence electrons. The van der Waals surface area contributed by atoms with Crippen LogP contribution in [0, 0.1) is 0 Å². The van der Waals surface area contributed by atoms with Gasteiger partial charge in [0, 0.05) is 17.0 Å². The average Bonchev–Trinajstić information content (AvgIpc) is 2.76. The Morgan fingerprint density at radius 1 is 1.17 bits per heavy atom. The number of hydrogen-bond acceptors (Lipinski definition) is 2. The Kier molecular flexibility index (Phi) is 4.10. The first-order valence-corrected chi connectivity index (χ1v) is 7.24. The van der Waals surface area contributed by atoms with Gasteiger partial charge in [0.15, 0.2) is 0 Å². The molecule has 0 saturated heterocycles. The average molecular weight is 275 g/mol. The van der Waals surface area contributed by atoms with Crippen LogP contribution in [0.2, 0.25) is 0 Å². The maximum Gasteiger partial charge on any atom is 0.416 e. The van der Waals surface area contributed by atoms with E-state index >= 15 is 0 Å². The van der Waals surface area contributed by atoms with Crippen molar-refractivity contribution in [1.82, 2.24) is 0 Å². The molecule has 0 aromatic heterocycles. The lowest BCUT2D eigenvalue weighted by molar-refractivity contribution is -0.137. The number of alkyl halides is 3. The molecule has 1 saturated carbocycles. The first-order valence-electron chi connectivity index (χ1n) is 5.95. The zero-order valence-electron chi connectivity index (χ0n) is 10.1. The van der Waals surface area contributed by atoms with Crippen molar-refractivity contribution in [2.75, 3.05) is 11.6 Å². The monoisotopic (exact) mass is 275 g/mol. The van der Waals surface area contributed by atoms with Gasteiger partial charge in [-0.1, -0.05) is 0 Å². The molecule has 18 heavy (non-hydrogen) atoms. The molecule has 1 fully saturated rings. The first-order chi connectivity index (χ1) is 8.49. The van der Waals surface area contributed by atoms with E-state index in [1.165, 1.54) is 18.6 Å². The van der Waals surface area contributed by atoms with E-state index < -0.39 is 11.7 Å². The summed E-state index contributed by atoms with van der Waals surface area (Å²) in [6.07, 6.45) is 1.20. The quantitative estimate of drug-likeness (QED) is 0.877. The van der Waals surface area contributed by atoms with Crippen LogP contribution >= 0.6 is 11.8 Å². The third kappa shape index (κ3) is 3.34. The second-order valence-electron chi connectivity index (χ2n) is 4.59. The number of halogens is 3. The van der Waals surface area contributed by atoms with Gasteiger partial charge in [-0.15, -0.1) is 0 Å². The third-order valence-electron chi connectivity index (χ3n) is 3.30. The van der Waals surface area contributed by atoms with Gasteiger partial charge in [-0.25, -0.2) is 0 Å². The number of hydrogen-bond donors (Lipinski definition) is 1. The molecule has 1 aliphatic carbocycles. The van der Waals surface area contributed by atoms with E-state index in [1.54, 1.807) is 0 Å². The summed E-state index contributed by atoms with van der Waals surface area (Å²) in [6.45, 7) is 0. The fraction of sp³-hybridized carbons (Fsp3) is 0.538. The molecule has 1 aromatic carbocycles. The van der Waals surface area contributed by atoms with Crippen LogP contribution in [0.1, 0.15) is 24.8 Å². The van der Waals surface area contributed by atoms with Crippen molar-refractivity contribution in [2.45, 2.75) is 36.7 Å². The van der Waals surface area contributed by atoms with Crippen molar-refractivity contribution in [1.29, 1.82) is 0 Å². The van der Waals surface area contributed by atoms with E-state index in [0.29, 0.717) is 11.3 Å². The van der Waals surface area contributed by atoms with Gasteiger partial charge in [-0.05, 0) is 49.8 Å². The van der Waals surface area contributed by atoms with Crippen molar-refractivity contribution in [3.05, 3.63) is 29.8 Å². The Labute approximate surface area is 109 Å². The van der Waals surface area contributed by atoms with Crippen LogP contribution in [-0.4, -0.2) is 17.5 Å². The minimum Gasteiger partial charge on any atom is -0.382 e. The van der Waals surface area contributed by atoms with Crippen LogP contribution in [0.25, 0.3) is 0 Å². The highest BCUT2D eigenvalue weighted by molar-refractivity contribution is 7.99. The normalized spacial score (nSPS) is 24.2. The summed E-state index contributed by atoms with van der Waals surface area (Å²) in [4.78, 5) is 0. The van der Waals surface area contributed by atoms with Gasteiger partial charge in [0.25, 0.3) is 0 Å². The van der Waals surface area contributed by atoms with Gasteiger partial charge >= 0.3 is 6.18 Å². The van der Waals surface area contributed by atoms with Crippen LogP contribution in [0.5, 0.6) is 0 Å². The summed E-state index contributed by atoms with van der Waals surface area (Å²) < 4.78 is 37.2. The second-order valence-corrected chi connectivity index (χ2v) is 5.73. The Hall–Kier alpha value is -0.840. The zero-order valence-corrected chi connectivity index (χ0v) is 10.9. The molecule has 1 aliphatic rings. The molecule has 2 rings (SSSR count). The molecule has 2 unspecified atom stereocenters. The minimum absolute atomic E-state index is 0.388. The highest BCUT2D eigenvalue weighted by atomic mass is 32.2. The highest BCUT2D eigenvalue weighted by Gasteiger charge is 2.30. The van der Waals surface area contributed by atoms with E-state index in [1.807, 2.05) is 11.8 Å². The van der Waals surface area contributed by atoms with Crippen molar-refractivity contribution >= 4 is 17.4 Å². The highest BCUT2D eigenvalue weighted by Crippen LogP contribution is 2.32. The van der Waals surface area contributed by atoms with Crippen LogP contribution < -0.4 is 5.32 Å². The van der Waals surface area contributed by atoms with Crippen molar-refractivity contribution in [2.24, 2.45) is 0 Å². The standard InChI is InChI=1S/C13H16F3NS/c1-18-12-7-6-11(8-12)17-10-4-2-9(3-5-10)13(14,15)16/h2-5,11-12,17H,6-8H2,1H3. The summed E-state index contributed by atoms with van der Waals surface area (Å²) in [5, 5.41) is 3.98. The molecule has 0 amide bonds. The smallest absolute Gasteiger partial charge is 0.382 e. The largest absolute Gasteiger partial charge is 0.416 e. The molecule has 1 nitrogen and oxygen atoms in total. The van der Waals surface area contributed by atoms with Gasteiger partial charge in [0.05, 0.1) is 5.56 Å². The SMILES string of the molecule is CSC1CCC(Nc2ccc(C(F)(F)F)cc2)C1. The fourth-order valence-electron chi connectivity index (χ4n) is 2.28. The van der Waals surface area contributed by atoms with Crippen molar-refractivity contribution in [3.63, 3.8) is 0 Å². The number of anilines is 1. The van der Waals surface area contributed by atoms with Crippen molar-refractivity contribution in [3.8, 4) is 0 Å². The predicted molar refractivity (Wildman–Crippen MR) is 70.0 cm³/mol. The molecule has 5 heteroatoms. The Bertz CT molecular complexity index is 388. The first kappa shape index (κ1) is 13.6. The minimum atomic E-state index is -4.25. The summed E-state index contributed by atoms with van der Waals surface area (Å²) in [6, 6.07) is 5.66. The zero-order chi connectivity index (χ0) is 13.2. The fourth-order valence-corrected chi connectivity index (χ4v) is 3.07. The van der Waals surface area contributed by atoms with Crippen molar-refractivity contribution < 1.29 is 13.2 Å². The summed E-state index contributed by atoms with van der Waals surface area (Å²) in [5.74, 6) is 0. The van der Waals surface area contributed by atoms with Gasteiger partial charge in [-0.3, -0.25) is 0 Å². The van der Waals surface area contributed by atoms with Crippen LogP contribution in [0.3, 0.4) is 0 Å². The van der Waals surface area contributed by atoms with Crippen LogP contribution in [0.4, 0.5) is 18.9 Å². The third-order valence-corrected chi connectivity index (χ3v) is 4.40. The number of thioether (sulfide) groups is 1. The van der Waals surface area contributed by atoms with E-state index in [4.69, 9.17) is 0 Å². The lowest BCUT2D eigenvalue weighted by Crippen LogP contribution is -2.16. The Morgan fingerprint density at radius 2 is 1.83 bits per heavy atom. The molecule has 1 N–H and O–H groups in total. The van der Waals surface area contributed by atoms with E-state index in [9.17, 15) is 13.2 Å². The predicted octanol–water partition coefficient (Wildman–Crippen LogP) is 4.40. The number of benzene rings is 1. The summed E-state index contributed by atoms with van der Waals surface area (Å²) in [5.41, 5.74) is 0.177.